The number of ether oxygens (including phenoxy) is 1. The fourth-order valence-corrected chi connectivity index (χ4v) is 3.84. The first-order valence-corrected chi connectivity index (χ1v) is 9.74. The van der Waals surface area contributed by atoms with E-state index in [1.54, 1.807) is 12.1 Å². The van der Waals surface area contributed by atoms with Crippen molar-refractivity contribution in [3.8, 4) is 0 Å². The van der Waals surface area contributed by atoms with Crippen LogP contribution in [0.1, 0.15) is 19.4 Å². The maximum absolute atomic E-state index is 12.4. The van der Waals surface area contributed by atoms with E-state index in [0.717, 1.165) is 9.87 Å². The Bertz CT molecular complexity index is 723. The molecule has 1 fully saturated rings. The van der Waals surface area contributed by atoms with Crippen LogP contribution in [0.2, 0.25) is 0 Å². The highest BCUT2D eigenvalue weighted by molar-refractivity contribution is 7.89. The van der Waals surface area contributed by atoms with Gasteiger partial charge in [-0.05, 0) is 38.5 Å². The zero-order chi connectivity index (χ0) is 18.8. The second-order valence-electron chi connectivity index (χ2n) is 6.76. The Morgan fingerprint density at radius 3 is 2.44 bits per heavy atom. The van der Waals surface area contributed by atoms with Crippen LogP contribution >= 0.6 is 0 Å². The second kappa shape index (κ2) is 7.82. The van der Waals surface area contributed by atoms with E-state index in [1.165, 1.54) is 20.2 Å². The maximum atomic E-state index is 12.4. The predicted octanol–water partition coefficient (Wildman–Crippen LogP) is 1.29. The third-order valence-corrected chi connectivity index (χ3v) is 5.94. The van der Waals surface area contributed by atoms with E-state index in [1.807, 2.05) is 25.7 Å². The molecular weight excluding hydrogens is 342 g/mol. The zero-order valence-electron chi connectivity index (χ0n) is 15.4. The summed E-state index contributed by atoms with van der Waals surface area (Å²) in [6.45, 7) is 7.46. The summed E-state index contributed by atoms with van der Waals surface area (Å²) in [5, 5.41) is 2.83. The number of benzene rings is 1. The number of aryl methyl sites for hydroxylation is 1. The summed E-state index contributed by atoms with van der Waals surface area (Å²) in [5.74, 6) is -0.163. The van der Waals surface area contributed by atoms with E-state index in [4.69, 9.17) is 4.74 Å². The molecule has 1 aromatic carbocycles. The number of morpholine rings is 1. The topological polar surface area (TPSA) is 79.0 Å². The average molecular weight is 369 g/mol. The van der Waals surface area contributed by atoms with Crippen LogP contribution in [0.3, 0.4) is 0 Å². The van der Waals surface area contributed by atoms with Gasteiger partial charge in [0.25, 0.3) is 0 Å². The summed E-state index contributed by atoms with van der Waals surface area (Å²) in [6, 6.07) is 4.75. The lowest BCUT2D eigenvalue weighted by Crippen LogP contribution is -2.48. The predicted molar refractivity (Wildman–Crippen MR) is 97.1 cm³/mol. The number of rotatable bonds is 5. The number of amides is 1. The molecule has 1 saturated heterocycles. The van der Waals surface area contributed by atoms with Gasteiger partial charge in [-0.25, -0.2) is 12.7 Å². The third kappa shape index (κ3) is 5.01. The number of nitrogens with zero attached hydrogens (tertiary/aromatic N) is 2. The number of hydrogen-bond donors (Lipinski definition) is 1. The molecule has 0 unspecified atom stereocenters. The summed E-state index contributed by atoms with van der Waals surface area (Å²) >= 11 is 0. The highest BCUT2D eigenvalue weighted by Gasteiger charge is 2.24. The molecule has 2 rings (SSSR count). The van der Waals surface area contributed by atoms with Crippen LogP contribution in [0.25, 0.3) is 0 Å². The number of anilines is 1. The molecule has 1 heterocycles. The van der Waals surface area contributed by atoms with Gasteiger partial charge in [0.05, 0.1) is 23.6 Å². The maximum Gasteiger partial charge on any atom is 0.242 e. The summed E-state index contributed by atoms with van der Waals surface area (Å²) in [5.41, 5.74) is 1.33. The van der Waals surface area contributed by atoms with Gasteiger partial charge in [-0.15, -0.1) is 0 Å². The molecular formula is C17H27N3O4S. The van der Waals surface area contributed by atoms with Crippen LogP contribution < -0.4 is 5.32 Å². The Labute approximate surface area is 150 Å². The largest absolute Gasteiger partial charge is 0.373 e. The Balaban J connectivity index is 2.10. The van der Waals surface area contributed by atoms with E-state index in [9.17, 15) is 13.2 Å². The molecule has 8 heteroatoms. The highest BCUT2D eigenvalue weighted by Crippen LogP contribution is 2.22. The van der Waals surface area contributed by atoms with E-state index in [0.29, 0.717) is 18.8 Å². The van der Waals surface area contributed by atoms with Crippen molar-refractivity contribution in [1.82, 2.24) is 9.21 Å². The van der Waals surface area contributed by atoms with Crippen molar-refractivity contribution in [2.45, 2.75) is 37.9 Å². The fourth-order valence-electron chi connectivity index (χ4n) is 2.91. The van der Waals surface area contributed by atoms with Crippen molar-refractivity contribution in [2.75, 3.05) is 39.0 Å². The van der Waals surface area contributed by atoms with E-state index < -0.39 is 10.0 Å². The van der Waals surface area contributed by atoms with E-state index in [2.05, 4.69) is 5.32 Å². The van der Waals surface area contributed by atoms with Crippen molar-refractivity contribution in [2.24, 2.45) is 0 Å². The molecule has 140 valence electrons. The number of carbonyl (C=O) groups is 1. The molecule has 1 aromatic rings. The van der Waals surface area contributed by atoms with Crippen LogP contribution in [0.15, 0.2) is 23.1 Å². The van der Waals surface area contributed by atoms with Crippen molar-refractivity contribution in [3.63, 3.8) is 0 Å². The number of carbonyl (C=O) groups excluding carboxylic acids is 1. The van der Waals surface area contributed by atoms with Crippen molar-refractivity contribution in [3.05, 3.63) is 23.8 Å². The first kappa shape index (κ1) is 19.8. The minimum Gasteiger partial charge on any atom is -0.373 e. The molecule has 1 amide bonds. The Hall–Kier alpha value is -1.48. The number of sulfonamides is 1. The van der Waals surface area contributed by atoms with E-state index >= 15 is 0 Å². The fraction of sp³-hybridized carbons (Fsp3) is 0.588. The lowest BCUT2D eigenvalue weighted by atomic mass is 10.2. The van der Waals surface area contributed by atoms with Crippen LogP contribution in [-0.2, 0) is 19.6 Å². The van der Waals surface area contributed by atoms with Crippen molar-refractivity contribution < 1.29 is 17.9 Å². The molecule has 2 atom stereocenters. The minimum atomic E-state index is -3.54. The number of hydrogen-bond acceptors (Lipinski definition) is 5. The van der Waals surface area contributed by atoms with Gasteiger partial charge in [0.1, 0.15) is 0 Å². The first-order valence-electron chi connectivity index (χ1n) is 8.30. The summed E-state index contributed by atoms with van der Waals surface area (Å²) in [6.07, 6.45) is 0.179. The molecule has 0 aromatic heterocycles. The molecule has 0 aliphatic carbocycles. The van der Waals surface area contributed by atoms with Gasteiger partial charge in [0, 0.05) is 32.9 Å². The lowest BCUT2D eigenvalue weighted by Gasteiger charge is -2.34. The molecule has 0 saturated carbocycles. The molecule has 1 N–H and O–H groups in total. The smallest absolute Gasteiger partial charge is 0.242 e. The normalized spacial score (nSPS) is 22.2. The second-order valence-corrected chi connectivity index (χ2v) is 8.92. The van der Waals surface area contributed by atoms with Crippen LogP contribution in [-0.4, -0.2) is 69.5 Å². The molecule has 1 aliphatic heterocycles. The zero-order valence-corrected chi connectivity index (χ0v) is 16.3. The summed E-state index contributed by atoms with van der Waals surface area (Å²) in [7, 11) is -0.578. The van der Waals surface area contributed by atoms with Crippen molar-refractivity contribution >= 4 is 21.6 Å². The molecule has 1 aliphatic rings. The van der Waals surface area contributed by atoms with Gasteiger partial charge in [-0.3, -0.25) is 9.69 Å². The number of nitrogens with one attached hydrogen (secondary N) is 1. The lowest BCUT2D eigenvalue weighted by molar-refractivity contribution is -0.121. The standard InChI is InChI=1S/C17H27N3O4S/c1-12-6-7-15(25(22,23)19(4)5)8-16(12)18-17(21)11-20-9-13(2)24-14(3)10-20/h6-8,13-14H,9-11H2,1-5H3,(H,18,21)/t13-,14+. The molecule has 25 heavy (non-hydrogen) atoms. The average Bonchev–Trinajstić information content (AvgIpc) is 2.47. The van der Waals surface area contributed by atoms with Gasteiger partial charge in [-0.2, -0.15) is 0 Å². The summed E-state index contributed by atoms with van der Waals surface area (Å²) in [4.78, 5) is 14.6. The molecule has 0 spiro atoms. The SMILES string of the molecule is Cc1ccc(S(=O)(=O)N(C)C)cc1NC(=O)CN1C[C@@H](C)O[C@@H](C)C1. The highest BCUT2D eigenvalue weighted by atomic mass is 32.2. The summed E-state index contributed by atoms with van der Waals surface area (Å²) < 4.78 is 31.3. The van der Waals surface area contributed by atoms with Gasteiger partial charge in [0.2, 0.25) is 15.9 Å². The van der Waals surface area contributed by atoms with Gasteiger partial charge in [-0.1, -0.05) is 6.07 Å². The van der Waals surface area contributed by atoms with Gasteiger partial charge in [0.15, 0.2) is 0 Å². The van der Waals surface area contributed by atoms with Gasteiger partial charge >= 0.3 is 0 Å². The van der Waals surface area contributed by atoms with Crippen LogP contribution in [0.4, 0.5) is 5.69 Å². The van der Waals surface area contributed by atoms with E-state index in [-0.39, 0.29) is 29.6 Å². The molecule has 7 nitrogen and oxygen atoms in total. The molecule has 0 bridgehead atoms. The monoisotopic (exact) mass is 369 g/mol. The molecule has 0 radical (unpaired) electrons. The third-order valence-electron chi connectivity index (χ3n) is 4.12. The first-order chi connectivity index (χ1) is 11.6. The van der Waals surface area contributed by atoms with Crippen molar-refractivity contribution in [1.29, 1.82) is 0 Å². The minimum absolute atomic E-state index is 0.0897. The van der Waals surface area contributed by atoms with Crippen LogP contribution in [0.5, 0.6) is 0 Å². The Morgan fingerprint density at radius 2 is 1.88 bits per heavy atom. The van der Waals surface area contributed by atoms with Gasteiger partial charge < -0.3 is 10.1 Å². The quantitative estimate of drug-likeness (QED) is 0.846. The Kier molecular flexibility index (Phi) is 6.21. The van der Waals surface area contributed by atoms with Crippen LogP contribution in [0, 0.1) is 6.92 Å². The Morgan fingerprint density at radius 1 is 1.28 bits per heavy atom.